The molecule has 1 saturated heterocycles. The third-order valence-corrected chi connectivity index (χ3v) is 7.80. The van der Waals surface area contributed by atoms with Crippen molar-refractivity contribution in [2.75, 3.05) is 29.6 Å². The summed E-state index contributed by atoms with van der Waals surface area (Å²) in [6.45, 7) is 5.01. The summed E-state index contributed by atoms with van der Waals surface area (Å²) < 4.78 is 5.28. The van der Waals surface area contributed by atoms with E-state index in [0.717, 1.165) is 22.4 Å². The van der Waals surface area contributed by atoms with Crippen LogP contribution in [0, 0.1) is 13.8 Å². The van der Waals surface area contributed by atoms with Crippen LogP contribution in [0.2, 0.25) is 0 Å². The van der Waals surface area contributed by atoms with Gasteiger partial charge in [-0.2, -0.15) is 0 Å². The van der Waals surface area contributed by atoms with Crippen LogP contribution in [-0.4, -0.2) is 36.2 Å². The molecule has 1 spiro atoms. The molecule has 34 heavy (non-hydrogen) atoms. The van der Waals surface area contributed by atoms with Crippen molar-refractivity contribution in [2.45, 2.75) is 25.3 Å². The van der Waals surface area contributed by atoms with Gasteiger partial charge in [-0.15, -0.1) is 11.8 Å². The van der Waals surface area contributed by atoms with Gasteiger partial charge in [-0.25, -0.2) is 4.79 Å². The Labute approximate surface area is 203 Å². The molecular formula is C27H27N3O3S. The number of hydrogen-bond donors (Lipinski definition) is 1. The SMILES string of the molecule is COc1cccc(NC(=O)N2CCS[C@]23C(=O)N(Cc2ccc(C)cc2)c2ccc(C)cc23)c1. The Morgan fingerprint density at radius 2 is 1.82 bits per heavy atom. The van der Waals surface area contributed by atoms with Gasteiger partial charge in [-0.1, -0.05) is 53.6 Å². The zero-order valence-corrected chi connectivity index (χ0v) is 20.3. The average molecular weight is 474 g/mol. The Morgan fingerprint density at radius 1 is 1.06 bits per heavy atom. The minimum Gasteiger partial charge on any atom is -0.497 e. The Bertz CT molecular complexity index is 1260. The fourth-order valence-corrected chi connectivity index (χ4v) is 6.11. The summed E-state index contributed by atoms with van der Waals surface area (Å²) in [6, 6.07) is 21.2. The minimum absolute atomic E-state index is 0.0723. The number of amides is 3. The first-order valence-corrected chi connectivity index (χ1v) is 12.3. The van der Waals surface area contributed by atoms with E-state index in [1.54, 1.807) is 18.1 Å². The second kappa shape index (κ2) is 8.72. The van der Waals surface area contributed by atoms with Crippen molar-refractivity contribution in [2.24, 2.45) is 0 Å². The lowest BCUT2D eigenvalue weighted by Gasteiger charge is -2.33. The van der Waals surface area contributed by atoms with Gasteiger partial charge in [-0.05, 0) is 37.6 Å². The third kappa shape index (κ3) is 3.70. The first-order valence-electron chi connectivity index (χ1n) is 11.3. The highest BCUT2D eigenvalue weighted by molar-refractivity contribution is 8.01. The van der Waals surface area contributed by atoms with E-state index in [-0.39, 0.29) is 11.9 Å². The number of thioether (sulfide) groups is 1. The van der Waals surface area contributed by atoms with Gasteiger partial charge in [0.25, 0.3) is 5.91 Å². The summed E-state index contributed by atoms with van der Waals surface area (Å²) in [4.78, 5) is 30.0. The number of ether oxygens (including phenoxy) is 1. The van der Waals surface area contributed by atoms with Crippen LogP contribution in [-0.2, 0) is 16.2 Å². The largest absolute Gasteiger partial charge is 0.497 e. The van der Waals surface area contributed by atoms with Gasteiger partial charge in [0.15, 0.2) is 4.87 Å². The maximum atomic E-state index is 14.1. The van der Waals surface area contributed by atoms with Gasteiger partial charge in [0.2, 0.25) is 0 Å². The van der Waals surface area contributed by atoms with Crippen molar-refractivity contribution < 1.29 is 14.3 Å². The normalized spacial score (nSPS) is 19.0. The van der Waals surface area contributed by atoms with Crippen molar-refractivity contribution in [3.63, 3.8) is 0 Å². The molecule has 7 heteroatoms. The molecule has 1 atom stereocenters. The molecule has 3 amide bonds. The number of hydrogen-bond acceptors (Lipinski definition) is 4. The molecule has 0 aliphatic carbocycles. The zero-order valence-electron chi connectivity index (χ0n) is 19.5. The lowest BCUT2D eigenvalue weighted by Crippen LogP contribution is -2.51. The third-order valence-electron chi connectivity index (χ3n) is 6.38. The Hall–Kier alpha value is -3.45. The highest BCUT2D eigenvalue weighted by Crippen LogP contribution is 2.54. The maximum absolute atomic E-state index is 14.1. The van der Waals surface area contributed by atoms with Crippen molar-refractivity contribution >= 4 is 35.1 Å². The standard InChI is InChI=1S/C27H27N3O3S/c1-18-7-10-20(11-8-18)17-29-24-12-9-19(2)15-23(24)27(25(29)31)30(13-14-34-27)26(32)28-21-5-4-6-22(16-21)33-3/h4-12,15-16H,13-14,17H2,1-3H3,(H,28,32)/t27-/m1/s1. The molecule has 3 aromatic carbocycles. The van der Waals surface area contributed by atoms with Crippen LogP contribution < -0.4 is 15.0 Å². The van der Waals surface area contributed by atoms with Crippen LogP contribution in [0.15, 0.2) is 66.7 Å². The number of urea groups is 1. The highest BCUT2D eigenvalue weighted by atomic mass is 32.2. The average Bonchev–Trinajstić information content (AvgIpc) is 3.38. The molecule has 2 aliphatic heterocycles. The van der Waals surface area contributed by atoms with Crippen LogP contribution in [0.25, 0.3) is 0 Å². The van der Waals surface area contributed by atoms with E-state index in [2.05, 4.69) is 29.6 Å². The number of nitrogens with one attached hydrogen (secondary N) is 1. The quantitative estimate of drug-likeness (QED) is 0.559. The van der Waals surface area contributed by atoms with Crippen molar-refractivity contribution in [3.8, 4) is 5.75 Å². The van der Waals surface area contributed by atoms with Gasteiger partial charge in [0, 0.05) is 29.6 Å². The Morgan fingerprint density at radius 3 is 2.59 bits per heavy atom. The first-order chi connectivity index (χ1) is 16.4. The highest BCUT2D eigenvalue weighted by Gasteiger charge is 2.59. The molecule has 0 bridgehead atoms. The molecule has 174 valence electrons. The van der Waals surface area contributed by atoms with Gasteiger partial charge in [0.1, 0.15) is 5.75 Å². The molecule has 1 fully saturated rings. The molecule has 0 radical (unpaired) electrons. The van der Waals surface area contributed by atoms with E-state index in [4.69, 9.17) is 4.74 Å². The molecule has 0 aromatic heterocycles. The lowest BCUT2D eigenvalue weighted by atomic mass is 10.0. The summed E-state index contributed by atoms with van der Waals surface area (Å²) >= 11 is 1.53. The topological polar surface area (TPSA) is 61.9 Å². The summed E-state index contributed by atoms with van der Waals surface area (Å²) in [5.41, 5.74) is 5.66. The number of carbonyl (C=O) groups is 2. The van der Waals surface area contributed by atoms with Crippen molar-refractivity contribution in [1.82, 2.24) is 4.90 Å². The lowest BCUT2D eigenvalue weighted by molar-refractivity contribution is -0.123. The number of rotatable bonds is 4. The number of methoxy groups -OCH3 is 1. The van der Waals surface area contributed by atoms with Gasteiger partial charge in [-0.3, -0.25) is 9.69 Å². The number of carbonyl (C=O) groups excluding carboxylic acids is 2. The molecule has 1 N–H and O–H groups in total. The second-order valence-corrected chi connectivity index (χ2v) is 9.99. The number of anilines is 2. The molecule has 5 rings (SSSR count). The van der Waals surface area contributed by atoms with E-state index >= 15 is 0 Å². The van der Waals surface area contributed by atoms with Crippen molar-refractivity contribution in [1.29, 1.82) is 0 Å². The second-order valence-electron chi connectivity index (χ2n) is 8.70. The zero-order chi connectivity index (χ0) is 23.9. The summed E-state index contributed by atoms with van der Waals surface area (Å²) in [6.07, 6.45) is 0. The first kappa shape index (κ1) is 22.3. The monoisotopic (exact) mass is 473 g/mol. The van der Waals surface area contributed by atoms with E-state index in [0.29, 0.717) is 30.3 Å². The van der Waals surface area contributed by atoms with Gasteiger partial charge >= 0.3 is 6.03 Å². The maximum Gasteiger partial charge on any atom is 0.323 e. The fraction of sp³-hybridized carbons (Fsp3) is 0.259. The number of fused-ring (bicyclic) bond motifs is 2. The predicted octanol–water partition coefficient (Wildman–Crippen LogP) is 5.29. The molecule has 2 aliphatic rings. The number of benzene rings is 3. The van der Waals surface area contributed by atoms with Crippen molar-refractivity contribution in [3.05, 3.63) is 89.0 Å². The van der Waals surface area contributed by atoms with E-state index in [1.165, 1.54) is 17.3 Å². The molecule has 6 nitrogen and oxygen atoms in total. The molecule has 2 heterocycles. The molecule has 3 aromatic rings. The van der Waals surface area contributed by atoms with Crippen LogP contribution in [0.3, 0.4) is 0 Å². The minimum atomic E-state index is -1.07. The van der Waals surface area contributed by atoms with E-state index < -0.39 is 4.87 Å². The van der Waals surface area contributed by atoms with Gasteiger partial charge in [0.05, 0.1) is 19.3 Å². The van der Waals surface area contributed by atoms with E-state index in [1.807, 2.05) is 55.1 Å². The van der Waals surface area contributed by atoms with Crippen LogP contribution in [0.4, 0.5) is 16.2 Å². The van der Waals surface area contributed by atoms with E-state index in [9.17, 15) is 9.59 Å². The van der Waals surface area contributed by atoms with Gasteiger partial charge < -0.3 is 15.0 Å². The number of nitrogens with zero attached hydrogens (tertiary/aromatic N) is 2. The fourth-order valence-electron chi connectivity index (χ4n) is 4.65. The summed E-state index contributed by atoms with van der Waals surface area (Å²) in [5.74, 6) is 1.27. The predicted molar refractivity (Wildman–Crippen MR) is 136 cm³/mol. The molecular weight excluding hydrogens is 446 g/mol. The molecule has 0 saturated carbocycles. The summed E-state index contributed by atoms with van der Waals surface area (Å²) in [5, 5.41) is 2.97. The summed E-state index contributed by atoms with van der Waals surface area (Å²) in [7, 11) is 1.59. The Balaban J connectivity index is 1.51. The number of aryl methyl sites for hydroxylation is 2. The van der Waals surface area contributed by atoms with Crippen LogP contribution >= 0.6 is 11.8 Å². The van der Waals surface area contributed by atoms with Crippen LogP contribution in [0.1, 0.15) is 22.3 Å². The molecule has 0 unspecified atom stereocenters. The Kier molecular flexibility index (Phi) is 5.73. The van der Waals surface area contributed by atoms with Crippen LogP contribution in [0.5, 0.6) is 5.75 Å². The smallest absolute Gasteiger partial charge is 0.323 e.